The minimum absolute atomic E-state index is 0.0218. The zero-order valence-corrected chi connectivity index (χ0v) is 12.8. The monoisotopic (exact) mass is 335 g/mol. The lowest BCUT2D eigenvalue weighted by atomic mass is 10.1. The Bertz CT molecular complexity index is 775. The number of halogens is 3. The smallest absolute Gasteiger partial charge is 0.296 e. The van der Waals surface area contributed by atoms with Gasteiger partial charge in [-0.1, -0.05) is 19.9 Å². The summed E-state index contributed by atoms with van der Waals surface area (Å²) < 4.78 is 51.4. The van der Waals surface area contributed by atoms with Gasteiger partial charge in [-0.3, -0.25) is 4.57 Å². The van der Waals surface area contributed by atoms with Crippen LogP contribution in [0.2, 0.25) is 0 Å². The van der Waals surface area contributed by atoms with Crippen molar-refractivity contribution in [2.45, 2.75) is 25.5 Å². The predicted molar refractivity (Wildman–Crippen MR) is 73.3 cm³/mol. The molecule has 0 atom stereocenters. The van der Waals surface area contributed by atoms with E-state index in [1.807, 2.05) is 13.8 Å². The van der Waals surface area contributed by atoms with Gasteiger partial charge in [-0.15, -0.1) is 10.2 Å². The van der Waals surface area contributed by atoms with Gasteiger partial charge in [-0.05, 0) is 18.1 Å². The molecule has 2 aromatic rings. The number of rotatable bonds is 4. The Morgan fingerprint density at radius 1 is 1.29 bits per heavy atom. The molecule has 9 heteroatoms. The molecule has 21 heavy (non-hydrogen) atoms. The second-order valence-corrected chi connectivity index (χ2v) is 7.31. The number of nitrogens with zero attached hydrogens (tertiary/aromatic N) is 3. The van der Waals surface area contributed by atoms with Crippen LogP contribution in [0.25, 0.3) is 11.4 Å². The SMILES string of the molecule is CC(C)Cn1c(-c2cccc(F)c2F)nnc1S(=O)(=O)Cl. The third-order valence-corrected chi connectivity index (χ3v) is 3.83. The van der Waals surface area contributed by atoms with Gasteiger partial charge < -0.3 is 0 Å². The van der Waals surface area contributed by atoms with Gasteiger partial charge in [0.15, 0.2) is 17.5 Å². The summed E-state index contributed by atoms with van der Waals surface area (Å²) in [5.41, 5.74) is -0.172. The molecule has 0 spiro atoms. The van der Waals surface area contributed by atoms with E-state index in [0.29, 0.717) is 0 Å². The standard InChI is InChI=1S/C12H12ClF2N3O2S/c1-7(2)6-18-11(16-17-12(18)21(13,19)20)8-4-3-5-9(14)10(8)15/h3-5,7H,6H2,1-2H3. The summed E-state index contributed by atoms with van der Waals surface area (Å²) in [4.78, 5) is 0. The molecule has 0 saturated heterocycles. The molecular weight excluding hydrogens is 324 g/mol. The van der Waals surface area contributed by atoms with Crippen molar-refractivity contribution < 1.29 is 17.2 Å². The summed E-state index contributed by atoms with van der Waals surface area (Å²) in [5.74, 6) is -2.23. The molecule has 1 heterocycles. The summed E-state index contributed by atoms with van der Waals surface area (Å²) >= 11 is 0. The third-order valence-electron chi connectivity index (χ3n) is 2.68. The van der Waals surface area contributed by atoms with Crippen LogP contribution in [0, 0.1) is 17.6 Å². The molecule has 0 amide bonds. The van der Waals surface area contributed by atoms with Crippen LogP contribution in [0.3, 0.4) is 0 Å². The van der Waals surface area contributed by atoms with Crippen LogP contribution >= 0.6 is 10.7 Å². The van der Waals surface area contributed by atoms with Crippen LogP contribution in [-0.4, -0.2) is 23.2 Å². The highest BCUT2D eigenvalue weighted by Crippen LogP contribution is 2.26. The van der Waals surface area contributed by atoms with E-state index in [1.54, 1.807) is 0 Å². The van der Waals surface area contributed by atoms with Crippen molar-refractivity contribution in [1.29, 1.82) is 0 Å². The van der Waals surface area contributed by atoms with Crippen molar-refractivity contribution in [3.8, 4) is 11.4 Å². The van der Waals surface area contributed by atoms with Gasteiger partial charge in [0.25, 0.3) is 14.2 Å². The second-order valence-electron chi connectivity index (χ2n) is 4.85. The highest BCUT2D eigenvalue weighted by molar-refractivity contribution is 8.13. The molecule has 0 saturated carbocycles. The number of hydrogen-bond acceptors (Lipinski definition) is 4. The van der Waals surface area contributed by atoms with Gasteiger partial charge >= 0.3 is 0 Å². The minimum atomic E-state index is -4.14. The first-order valence-electron chi connectivity index (χ1n) is 6.04. The van der Waals surface area contributed by atoms with Crippen LogP contribution < -0.4 is 0 Å². The lowest BCUT2D eigenvalue weighted by Gasteiger charge is -2.11. The van der Waals surface area contributed by atoms with E-state index in [2.05, 4.69) is 10.2 Å². The fraction of sp³-hybridized carbons (Fsp3) is 0.333. The summed E-state index contributed by atoms with van der Waals surface area (Å²) in [6.07, 6.45) is 0. The summed E-state index contributed by atoms with van der Waals surface area (Å²) in [5, 5.41) is 6.65. The fourth-order valence-corrected chi connectivity index (χ4v) is 2.78. The van der Waals surface area contributed by atoms with Gasteiger partial charge in [0.05, 0.1) is 5.56 Å². The van der Waals surface area contributed by atoms with E-state index in [0.717, 1.165) is 6.07 Å². The molecule has 114 valence electrons. The lowest BCUT2D eigenvalue weighted by Crippen LogP contribution is -2.12. The zero-order valence-electron chi connectivity index (χ0n) is 11.2. The second kappa shape index (κ2) is 5.69. The zero-order chi connectivity index (χ0) is 15.8. The lowest BCUT2D eigenvalue weighted by molar-refractivity contribution is 0.484. The van der Waals surface area contributed by atoms with Crippen LogP contribution in [0.4, 0.5) is 8.78 Å². The molecule has 0 unspecified atom stereocenters. The van der Waals surface area contributed by atoms with Gasteiger partial charge in [-0.25, -0.2) is 17.2 Å². The Labute approximate surface area is 125 Å². The van der Waals surface area contributed by atoms with Gasteiger partial charge in [-0.2, -0.15) is 0 Å². The van der Waals surface area contributed by atoms with Gasteiger partial charge in [0.2, 0.25) is 0 Å². The van der Waals surface area contributed by atoms with Crippen LogP contribution in [-0.2, 0) is 15.6 Å². The summed E-state index contributed by atoms with van der Waals surface area (Å²) in [6.45, 7) is 3.85. The fourth-order valence-electron chi connectivity index (χ4n) is 1.87. The van der Waals surface area contributed by atoms with Gasteiger partial charge in [0, 0.05) is 17.2 Å². The van der Waals surface area contributed by atoms with E-state index in [9.17, 15) is 17.2 Å². The average Bonchev–Trinajstić information content (AvgIpc) is 2.75. The minimum Gasteiger partial charge on any atom is -0.296 e. The quantitative estimate of drug-likeness (QED) is 0.806. The molecule has 0 aliphatic heterocycles. The molecule has 5 nitrogen and oxygen atoms in total. The third kappa shape index (κ3) is 3.21. The van der Waals surface area contributed by atoms with E-state index in [-0.39, 0.29) is 23.9 Å². The van der Waals surface area contributed by atoms with Crippen molar-refractivity contribution in [3.63, 3.8) is 0 Å². The summed E-state index contributed by atoms with van der Waals surface area (Å²) in [7, 11) is 1.16. The molecule has 0 radical (unpaired) electrons. The number of aromatic nitrogens is 3. The first kappa shape index (κ1) is 15.8. The highest BCUT2D eigenvalue weighted by Gasteiger charge is 2.25. The van der Waals surface area contributed by atoms with E-state index in [4.69, 9.17) is 10.7 Å². The average molecular weight is 336 g/mol. The van der Waals surface area contributed by atoms with E-state index < -0.39 is 25.8 Å². The summed E-state index contributed by atoms with van der Waals surface area (Å²) in [6, 6.07) is 3.56. The van der Waals surface area contributed by atoms with Crippen molar-refractivity contribution in [2.24, 2.45) is 5.92 Å². The van der Waals surface area contributed by atoms with Crippen molar-refractivity contribution >= 4 is 19.7 Å². The van der Waals surface area contributed by atoms with E-state index in [1.165, 1.54) is 16.7 Å². The van der Waals surface area contributed by atoms with Crippen LogP contribution in [0.15, 0.2) is 23.4 Å². The maximum Gasteiger partial charge on any atom is 0.296 e. The molecule has 2 rings (SSSR count). The topological polar surface area (TPSA) is 64.8 Å². The normalized spacial score (nSPS) is 12.1. The largest absolute Gasteiger partial charge is 0.296 e. The van der Waals surface area contributed by atoms with Crippen molar-refractivity contribution in [1.82, 2.24) is 14.8 Å². The first-order valence-corrected chi connectivity index (χ1v) is 8.35. The Balaban J connectivity index is 2.70. The molecule has 0 fully saturated rings. The van der Waals surface area contributed by atoms with E-state index >= 15 is 0 Å². The molecule has 0 N–H and O–H groups in total. The maximum atomic E-state index is 13.9. The van der Waals surface area contributed by atoms with Crippen LogP contribution in [0.5, 0.6) is 0 Å². The first-order chi connectivity index (χ1) is 9.71. The maximum absolute atomic E-state index is 13.9. The highest BCUT2D eigenvalue weighted by atomic mass is 35.7. The number of hydrogen-bond donors (Lipinski definition) is 0. The molecular formula is C12H12ClF2N3O2S. The van der Waals surface area contributed by atoms with Crippen molar-refractivity contribution in [3.05, 3.63) is 29.8 Å². The Kier molecular flexibility index (Phi) is 4.29. The molecule has 1 aromatic heterocycles. The van der Waals surface area contributed by atoms with Crippen molar-refractivity contribution in [2.75, 3.05) is 0 Å². The Hall–Kier alpha value is -1.54. The predicted octanol–water partition coefficient (Wildman–Crippen LogP) is 2.81. The van der Waals surface area contributed by atoms with Crippen LogP contribution in [0.1, 0.15) is 13.8 Å². The Morgan fingerprint density at radius 3 is 2.52 bits per heavy atom. The molecule has 0 aliphatic rings. The number of benzene rings is 1. The molecule has 0 bridgehead atoms. The molecule has 1 aromatic carbocycles. The molecule has 0 aliphatic carbocycles. The van der Waals surface area contributed by atoms with Gasteiger partial charge in [0.1, 0.15) is 0 Å². The Morgan fingerprint density at radius 2 is 1.95 bits per heavy atom.